The number of benzene rings is 1. The van der Waals surface area contributed by atoms with E-state index in [1.165, 1.54) is 0 Å². The highest BCUT2D eigenvalue weighted by Crippen LogP contribution is 2.33. The molecule has 4 heteroatoms. The second-order valence-electron chi connectivity index (χ2n) is 4.87. The predicted octanol–water partition coefficient (Wildman–Crippen LogP) is 1.42. The van der Waals surface area contributed by atoms with E-state index >= 15 is 0 Å². The number of aryl methyl sites for hydroxylation is 1. The van der Waals surface area contributed by atoms with E-state index in [4.69, 9.17) is 4.74 Å². The molecule has 0 saturated carbocycles. The van der Waals surface area contributed by atoms with Crippen LogP contribution >= 0.6 is 0 Å². The van der Waals surface area contributed by atoms with Gasteiger partial charge in [0.2, 0.25) is 0 Å². The molecular weight excluding hydrogens is 228 g/mol. The first-order valence-corrected chi connectivity index (χ1v) is 6.42. The van der Waals surface area contributed by atoms with Crippen LogP contribution in [0.3, 0.4) is 0 Å². The number of phenols is 1. The third-order valence-corrected chi connectivity index (χ3v) is 3.65. The monoisotopic (exact) mass is 250 g/mol. The maximum atomic E-state index is 10.3. The zero-order valence-electron chi connectivity index (χ0n) is 11.4. The van der Waals surface area contributed by atoms with Crippen LogP contribution in [0.1, 0.15) is 16.7 Å². The van der Waals surface area contributed by atoms with Crippen LogP contribution in [0.15, 0.2) is 6.07 Å². The molecule has 0 bridgehead atoms. The first-order chi connectivity index (χ1) is 8.63. The van der Waals surface area contributed by atoms with Crippen molar-refractivity contribution in [2.45, 2.75) is 20.4 Å². The fraction of sp³-hybridized carbons (Fsp3) is 0.571. The van der Waals surface area contributed by atoms with E-state index in [1.54, 1.807) is 7.11 Å². The van der Waals surface area contributed by atoms with Crippen LogP contribution in [-0.4, -0.2) is 43.3 Å². The van der Waals surface area contributed by atoms with Gasteiger partial charge >= 0.3 is 0 Å². The minimum Gasteiger partial charge on any atom is -0.507 e. The van der Waals surface area contributed by atoms with Crippen LogP contribution < -0.4 is 10.1 Å². The average molecular weight is 250 g/mol. The lowest BCUT2D eigenvalue weighted by atomic mass is 10.0. The first kappa shape index (κ1) is 13.2. The number of rotatable bonds is 3. The Morgan fingerprint density at radius 2 is 2.00 bits per heavy atom. The van der Waals surface area contributed by atoms with Crippen molar-refractivity contribution in [3.63, 3.8) is 0 Å². The van der Waals surface area contributed by atoms with Gasteiger partial charge in [-0.15, -0.1) is 0 Å². The largest absolute Gasteiger partial charge is 0.507 e. The summed E-state index contributed by atoms with van der Waals surface area (Å²) in [6.45, 7) is 8.84. The molecule has 0 aliphatic carbocycles. The van der Waals surface area contributed by atoms with Gasteiger partial charge in [-0.1, -0.05) is 0 Å². The molecule has 0 unspecified atom stereocenters. The molecule has 4 nitrogen and oxygen atoms in total. The zero-order valence-corrected chi connectivity index (χ0v) is 11.4. The van der Waals surface area contributed by atoms with Crippen LogP contribution in [-0.2, 0) is 6.54 Å². The molecule has 1 aromatic carbocycles. The minimum atomic E-state index is 0.380. The van der Waals surface area contributed by atoms with Crippen molar-refractivity contribution in [3.05, 3.63) is 22.8 Å². The Bertz CT molecular complexity index is 426. The first-order valence-electron chi connectivity index (χ1n) is 6.42. The molecule has 2 N–H and O–H groups in total. The van der Waals surface area contributed by atoms with Crippen molar-refractivity contribution in [2.75, 3.05) is 33.3 Å². The standard InChI is InChI=1S/C14H22N2O2/c1-10-8-13(18-3)11(2)14(17)12(10)9-16-6-4-15-5-7-16/h8,15,17H,4-7,9H2,1-3H3. The maximum Gasteiger partial charge on any atom is 0.126 e. The van der Waals surface area contributed by atoms with Gasteiger partial charge in [-0.05, 0) is 25.5 Å². The van der Waals surface area contributed by atoms with Gasteiger partial charge in [0.25, 0.3) is 0 Å². The molecule has 0 spiro atoms. The summed E-state index contributed by atoms with van der Waals surface area (Å²) < 4.78 is 5.27. The van der Waals surface area contributed by atoms with E-state index < -0.39 is 0 Å². The number of hydrogen-bond acceptors (Lipinski definition) is 4. The van der Waals surface area contributed by atoms with Gasteiger partial charge in [0.15, 0.2) is 0 Å². The molecule has 0 atom stereocenters. The summed E-state index contributed by atoms with van der Waals surface area (Å²) in [5, 5.41) is 13.6. The van der Waals surface area contributed by atoms with Gasteiger partial charge in [-0.2, -0.15) is 0 Å². The van der Waals surface area contributed by atoms with Gasteiger partial charge < -0.3 is 15.2 Å². The number of nitrogens with zero attached hydrogens (tertiary/aromatic N) is 1. The molecule has 2 rings (SSSR count). The third-order valence-electron chi connectivity index (χ3n) is 3.65. The maximum absolute atomic E-state index is 10.3. The lowest BCUT2D eigenvalue weighted by molar-refractivity contribution is 0.230. The normalized spacial score (nSPS) is 16.8. The molecule has 1 saturated heterocycles. The summed E-state index contributed by atoms with van der Waals surface area (Å²) in [5.74, 6) is 1.14. The van der Waals surface area contributed by atoms with E-state index in [2.05, 4.69) is 10.2 Å². The third kappa shape index (κ3) is 2.60. The second-order valence-corrected chi connectivity index (χ2v) is 4.87. The van der Waals surface area contributed by atoms with Crippen molar-refractivity contribution in [1.82, 2.24) is 10.2 Å². The highest BCUT2D eigenvalue weighted by Gasteiger charge is 2.17. The summed E-state index contributed by atoms with van der Waals surface area (Å²) in [4.78, 5) is 2.37. The molecule has 1 fully saturated rings. The van der Waals surface area contributed by atoms with Crippen LogP contribution in [0.5, 0.6) is 11.5 Å². The molecule has 0 radical (unpaired) electrons. The summed E-state index contributed by atoms with van der Waals surface area (Å²) in [5.41, 5.74) is 2.94. The number of aromatic hydroxyl groups is 1. The molecule has 1 heterocycles. The second kappa shape index (κ2) is 5.59. The summed E-state index contributed by atoms with van der Waals surface area (Å²) in [6.07, 6.45) is 0. The molecule has 1 aliphatic rings. The van der Waals surface area contributed by atoms with Gasteiger partial charge in [0.05, 0.1) is 7.11 Å². The molecule has 0 aromatic heterocycles. The van der Waals surface area contributed by atoms with Gasteiger partial charge in [0.1, 0.15) is 11.5 Å². The van der Waals surface area contributed by atoms with Crippen molar-refractivity contribution in [1.29, 1.82) is 0 Å². The van der Waals surface area contributed by atoms with Crippen molar-refractivity contribution >= 4 is 0 Å². The Balaban J connectivity index is 2.24. The lowest BCUT2D eigenvalue weighted by Crippen LogP contribution is -2.43. The fourth-order valence-corrected chi connectivity index (χ4v) is 2.43. The van der Waals surface area contributed by atoms with E-state index in [-0.39, 0.29) is 0 Å². The Morgan fingerprint density at radius 1 is 1.33 bits per heavy atom. The number of piperazine rings is 1. The minimum absolute atomic E-state index is 0.380. The van der Waals surface area contributed by atoms with Crippen LogP contribution in [0.25, 0.3) is 0 Å². The average Bonchev–Trinajstić information content (AvgIpc) is 2.40. The Morgan fingerprint density at radius 3 is 2.61 bits per heavy atom. The van der Waals surface area contributed by atoms with Gasteiger partial charge in [-0.25, -0.2) is 0 Å². The summed E-state index contributed by atoms with van der Waals surface area (Å²) >= 11 is 0. The van der Waals surface area contributed by atoms with Gasteiger partial charge in [0, 0.05) is 43.9 Å². The van der Waals surface area contributed by atoms with Crippen molar-refractivity contribution < 1.29 is 9.84 Å². The van der Waals surface area contributed by atoms with Crippen LogP contribution in [0.4, 0.5) is 0 Å². The number of hydrogen-bond donors (Lipinski definition) is 2. The van der Waals surface area contributed by atoms with E-state index in [0.29, 0.717) is 5.75 Å². The summed E-state index contributed by atoms with van der Waals surface area (Å²) in [6, 6.07) is 2.01. The SMILES string of the molecule is COc1cc(C)c(CN2CCNCC2)c(O)c1C. The van der Waals surface area contributed by atoms with Gasteiger partial charge in [-0.3, -0.25) is 4.90 Å². The van der Waals surface area contributed by atoms with E-state index in [9.17, 15) is 5.11 Å². The van der Waals surface area contributed by atoms with E-state index in [1.807, 2.05) is 19.9 Å². The fourth-order valence-electron chi connectivity index (χ4n) is 2.43. The smallest absolute Gasteiger partial charge is 0.126 e. The number of methoxy groups -OCH3 is 1. The summed E-state index contributed by atoms with van der Waals surface area (Å²) in [7, 11) is 1.64. The molecule has 0 amide bonds. The molecule has 18 heavy (non-hydrogen) atoms. The number of phenolic OH excluding ortho intramolecular Hbond substituents is 1. The number of ether oxygens (including phenoxy) is 1. The Hall–Kier alpha value is -1.26. The molecule has 1 aromatic rings. The van der Waals surface area contributed by atoms with Crippen molar-refractivity contribution in [2.24, 2.45) is 0 Å². The van der Waals surface area contributed by atoms with Crippen molar-refractivity contribution in [3.8, 4) is 11.5 Å². The zero-order chi connectivity index (χ0) is 13.1. The van der Waals surface area contributed by atoms with Crippen LogP contribution in [0, 0.1) is 13.8 Å². The highest BCUT2D eigenvalue weighted by molar-refractivity contribution is 5.52. The molecule has 1 aliphatic heterocycles. The van der Waals surface area contributed by atoms with Crippen LogP contribution in [0.2, 0.25) is 0 Å². The Kier molecular flexibility index (Phi) is 4.09. The van der Waals surface area contributed by atoms with E-state index in [0.717, 1.165) is 55.2 Å². The quantitative estimate of drug-likeness (QED) is 0.851. The number of nitrogens with one attached hydrogen (secondary N) is 1. The lowest BCUT2D eigenvalue weighted by Gasteiger charge is -2.28. The molecular formula is C14H22N2O2. The Labute approximate surface area is 109 Å². The topological polar surface area (TPSA) is 44.7 Å². The highest BCUT2D eigenvalue weighted by atomic mass is 16.5. The molecule has 100 valence electrons. The predicted molar refractivity (Wildman–Crippen MR) is 72.3 cm³/mol.